The third-order valence-corrected chi connectivity index (χ3v) is 5.15. The number of fused-ring (bicyclic) bond motifs is 1. The van der Waals surface area contributed by atoms with Gasteiger partial charge >= 0.3 is 0 Å². The minimum Gasteiger partial charge on any atom is -0.354 e. The molecule has 0 bridgehead atoms. The molecule has 23 heavy (non-hydrogen) atoms. The maximum Gasteiger partial charge on any atom is 0.241 e. The number of carbonyl (C=O) groups excluding carboxylic acids is 2. The molecule has 1 N–H and O–H groups in total. The lowest BCUT2D eigenvalue weighted by molar-refractivity contribution is -0.125. The number of nitrogens with zero attached hydrogens (tertiary/aromatic N) is 2. The van der Waals surface area contributed by atoms with E-state index >= 15 is 0 Å². The molecule has 0 unspecified atom stereocenters. The van der Waals surface area contributed by atoms with Crippen molar-refractivity contribution in [2.75, 3.05) is 11.4 Å². The molecule has 1 aliphatic rings. The summed E-state index contributed by atoms with van der Waals surface area (Å²) in [5.41, 5.74) is 0.870. The summed E-state index contributed by atoms with van der Waals surface area (Å²) in [4.78, 5) is 31.1. The number of rotatable bonds is 7. The van der Waals surface area contributed by atoms with Crippen molar-refractivity contribution in [1.82, 2.24) is 10.3 Å². The van der Waals surface area contributed by atoms with Crippen LogP contribution in [0.25, 0.3) is 0 Å². The molecule has 0 fully saturated rings. The zero-order valence-corrected chi connectivity index (χ0v) is 14.9. The van der Waals surface area contributed by atoms with Gasteiger partial charge in [-0.05, 0) is 31.9 Å². The fraction of sp³-hybridized carbons (Fsp3) is 0.588. The molecule has 0 spiro atoms. The van der Waals surface area contributed by atoms with Gasteiger partial charge in [0.2, 0.25) is 11.8 Å². The Labute approximate surface area is 142 Å². The van der Waals surface area contributed by atoms with Gasteiger partial charge < -0.3 is 10.2 Å². The molecule has 6 heteroatoms. The number of nitrogens with one attached hydrogen (secondary N) is 1. The maximum atomic E-state index is 12.8. The summed E-state index contributed by atoms with van der Waals surface area (Å²) >= 11 is 1.40. The van der Waals surface area contributed by atoms with Crippen molar-refractivity contribution < 1.29 is 9.59 Å². The molecule has 0 saturated carbocycles. The van der Waals surface area contributed by atoms with Crippen molar-refractivity contribution in [2.24, 2.45) is 0 Å². The van der Waals surface area contributed by atoms with Gasteiger partial charge in [-0.25, -0.2) is 4.98 Å². The highest BCUT2D eigenvalue weighted by molar-refractivity contribution is 8.00. The highest BCUT2D eigenvalue weighted by Gasteiger charge is 2.35. The van der Waals surface area contributed by atoms with E-state index in [-0.39, 0.29) is 24.3 Å². The van der Waals surface area contributed by atoms with E-state index in [2.05, 4.69) is 17.2 Å². The molecule has 0 aromatic carbocycles. The third kappa shape index (κ3) is 4.47. The van der Waals surface area contributed by atoms with Gasteiger partial charge in [0.15, 0.2) is 0 Å². The maximum absolute atomic E-state index is 12.8. The molecule has 126 valence electrons. The van der Waals surface area contributed by atoms with E-state index in [1.807, 2.05) is 26.0 Å². The Morgan fingerprint density at radius 3 is 2.96 bits per heavy atom. The molecule has 0 saturated heterocycles. The highest BCUT2D eigenvalue weighted by Crippen LogP contribution is 2.38. The summed E-state index contributed by atoms with van der Waals surface area (Å²) in [7, 11) is 0. The molecule has 1 aromatic heterocycles. The second kappa shape index (κ2) is 8.34. The molecule has 1 aliphatic heterocycles. The molecule has 2 heterocycles. The predicted octanol–water partition coefficient (Wildman–Crippen LogP) is 2.99. The van der Waals surface area contributed by atoms with Crippen LogP contribution in [0.4, 0.5) is 5.69 Å². The van der Waals surface area contributed by atoms with Crippen molar-refractivity contribution in [3.05, 3.63) is 18.3 Å². The summed E-state index contributed by atoms with van der Waals surface area (Å²) in [6.45, 7) is 6.78. The highest BCUT2D eigenvalue weighted by atomic mass is 32.2. The van der Waals surface area contributed by atoms with Crippen molar-refractivity contribution in [3.8, 4) is 0 Å². The van der Waals surface area contributed by atoms with E-state index in [9.17, 15) is 9.59 Å². The van der Waals surface area contributed by atoms with Gasteiger partial charge in [0.1, 0.15) is 5.03 Å². The van der Waals surface area contributed by atoms with Crippen molar-refractivity contribution in [1.29, 1.82) is 0 Å². The first kappa shape index (κ1) is 17.8. The van der Waals surface area contributed by atoms with Gasteiger partial charge in [0.05, 0.1) is 10.9 Å². The standard InChI is InChI=1S/C17H25N3O2S/c1-4-6-10-20-13-8-7-9-18-16(13)23-14(17(20)22)11-15(21)19-12(3)5-2/h7-9,12,14H,4-6,10-11H2,1-3H3,(H,19,21)/t12-,14-/m0/s1. The Bertz CT molecular complexity index is 565. The first-order valence-corrected chi connectivity index (χ1v) is 9.17. The molecule has 2 atom stereocenters. The number of unbranched alkanes of at least 4 members (excludes halogenated alkanes) is 1. The first-order valence-electron chi connectivity index (χ1n) is 8.29. The van der Waals surface area contributed by atoms with Crippen LogP contribution >= 0.6 is 11.8 Å². The summed E-state index contributed by atoms with van der Waals surface area (Å²) in [6, 6.07) is 3.91. The van der Waals surface area contributed by atoms with Crippen LogP contribution in [0, 0.1) is 0 Å². The quantitative estimate of drug-likeness (QED) is 0.832. The lowest BCUT2D eigenvalue weighted by atomic mass is 10.2. The Kier molecular flexibility index (Phi) is 6.45. The fourth-order valence-electron chi connectivity index (χ4n) is 2.44. The Morgan fingerprint density at radius 2 is 2.26 bits per heavy atom. The van der Waals surface area contributed by atoms with Crippen LogP contribution in [-0.4, -0.2) is 34.6 Å². The fourth-order valence-corrected chi connectivity index (χ4v) is 3.59. The number of hydrogen-bond donors (Lipinski definition) is 1. The lowest BCUT2D eigenvalue weighted by Crippen LogP contribution is -2.44. The second-order valence-corrected chi connectivity index (χ2v) is 7.05. The monoisotopic (exact) mass is 335 g/mol. The van der Waals surface area contributed by atoms with E-state index in [0.29, 0.717) is 6.54 Å². The topological polar surface area (TPSA) is 62.3 Å². The SMILES string of the molecule is CCCCN1C(=O)[C@H](CC(=O)N[C@@H](C)CC)Sc2ncccc21. The Hall–Kier alpha value is -1.56. The van der Waals surface area contributed by atoms with E-state index in [1.54, 1.807) is 11.1 Å². The van der Waals surface area contributed by atoms with Crippen LogP contribution in [0.1, 0.15) is 46.5 Å². The van der Waals surface area contributed by atoms with E-state index in [4.69, 9.17) is 0 Å². The van der Waals surface area contributed by atoms with Crippen molar-refractivity contribution >= 4 is 29.3 Å². The molecule has 0 radical (unpaired) electrons. The van der Waals surface area contributed by atoms with Crippen LogP contribution in [0.15, 0.2) is 23.4 Å². The first-order chi connectivity index (χ1) is 11.1. The number of thioether (sulfide) groups is 1. The molecule has 5 nitrogen and oxygen atoms in total. The van der Waals surface area contributed by atoms with Gasteiger partial charge in [-0.3, -0.25) is 9.59 Å². The van der Waals surface area contributed by atoms with Crippen LogP contribution in [0.5, 0.6) is 0 Å². The Morgan fingerprint density at radius 1 is 1.48 bits per heavy atom. The molecular formula is C17H25N3O2S. The van der Waals surface area contributed by atoms with Crippen LogP contribution in [0.2, 0.25) is 0 Å². The van der Waals surface area contributed by atoms with Crippen molar-refractivity contribution in [2.45, 2.75) is 62.8 Å². The smallest absolute Gasteiger partial charge is 0.241 e. The van der Waals surface area contributed by atoms with E-state index < -0.39 is 5.25 Å². The number of hydrogen-bond acceptors (Lipinski definition) is 4. The van der Waals surface area contributed by atoms with Gasteiger partial charge in [-0.2, -0.15) is 0 Å². The van der Waals surface area contributed by atoms with Gasteiger partial charge in [-0.1, -0.05) is 32.0 Å². The lowest BCUT2D eigenvalue weighted by Gasteiger charge is -2.32. The number of amides is 2. The second-order valence-electron chi connectivity index (χ2n) is 5.86. The molecule has 1 aromatic rings. The summed E-state index contributed by atoms with van der Waals surface area (Å²) in [5, 5.41) is 3.38. The number of pyridine rings is 1. The van der Waals surface area contributed by atoms with Crippen LogP contribution in [-0.2, 0) is 9.59 Å². The average molecular weight is 335 g/mol. The third-order valence-electron chi connectivity index (χ3n) is 3.96. The van der Waals surface area contributed by atoms with Crippen LogP contribution in [0.3, 0.4) is 0 Å². The number of carbonyl (C=O) groups is 2. The zero-order valence-electron chi connectivity index (χ0n) is 14.0. The minimum absolute atomic E-state index is 0.0169. The number of anilines is 1. The van der Waals surface area contributed by atoms with Gasteiger partial charge in [0.25, 0.3) is 0 Å². The molecule has 2 amide bonds. The van der Waals surface area contributed by atoms with Crippen molar-refractivity contribution in [3.63, 3.8) is 0 Å². The van der Waals surface area contributed by atoms with Crippen LogP contribution < -0.4 is 10.2 Å². The molecular weight excluding hydrogens is 310 g/mol. The zero-order chi connectivity index (χ0) is 16.8. The summed E-state index contributed by atoms with van der Waals surface area (Å²) in [5.74, 6) is -0.0525. The van der Waals surface area contributed by atoms with E-state index in [0.717, 1.165) is 30.0 Å². The molecule has 2 rings (SSSR count). The minimum atomic E-state index is -0.390. The van der Waals surface area contributed by atoms with Gasteiger partial charge in [0, 0.05) is 25.2 Å². The predicted molar refractivity (Wildman–Crippen MR) is 93.7 cm³/mol. The molecule has 0 aliphatic carbocycles. The largest absolute Gasteiger partial charge is 0.354 e. The van der Waals surface area contributed by atoms with E-state index in [1.165, 1.54) is 11.8 Å². The average Bonchev–Trinajstić information content (AvgIpc) is 2.54. The Balaban J connectivity index is 2.13. The summed E-state index contributed by atoms with van der Waals surface area (Å²) < 4.78 is 0. The summed E-state index contributed by atoms with van der Waals surface area (Å²) in [6.07, 6.45) is 4.77. The normalized spacial score (nSPS) is 18.5. The number of aromatic nitrogens is 1. The van der Waals surface area contributed by atoms with Gasteiger partial charge in [-0.15, -0.1) is 0 Å².